The van der Waals surface area contributed by atoms with Crippen LogP contribution in [0.2, 0.25) is 0 Å². The van der Waals surface area contributed by atoms with Gasteiger partial charge in [-0.2, -0.15) is 0 Å². The van der Waals surface area contributed by atoms with E-state index in [2.05, 4.69) is 47.2 Å². The van der Waals surface area contributed by atoms with Gasteiger partial charge < -0.3 is 5.32 Å². The maximum atomic E-state index is 10.9. The van der Waals surface area contributed by atoms with E-state index in [0.29, 0.717) is 11.8 Å². The van der Waals surface area contributed by atoms with Gasteiger partial charge in [0.1, 0.15) is 0 Å². The van der Waals surface area contributed by atoms with E-state index in [-0.39, 0.29) is 5.91 Å². The molecule has 1 unspecified atom stereocenters. The van der Waals surface area contributed by atoms with Crippen LogP contribution in [0.15, 0.2) is 29.2 Å². The van der Waals surface area contributed by atoms with Gasteiger partial charge in [-0.15, -0.1) is 11.8 Å². The minimum Gasteiger partial charge on any atom is -0.326 e. The Labute approximate surface area is 122 Å². The molecule has 1 N–H and O–H groups in total. The van der Waals surface area contributed by atoms with E-state index in [1.807, 2.05) is 23.9 Å². The number of benzene rings is 1. The highest BCUT2D eigenvalue weighted by atomic mass is 79.9. The number of nitrogens with one attached hydrogen (secondary N) is 1. The molecule has 0 radical (unpaired) electrons. The predicted octanol–water partition coefficient (Wildman–Crippen LogP) is 4.40. The molecule has 1 rings (SSSR count). The van der Waals surface area contributed by atoms with E-state index in [4.69, 9.17) is 0 Å². The number of thioether (sulfide) groups is 1. The first-order valence-corrected chi connectivity index (χ1v) is 8.20. The average molecular weight is 330 g/mol. The maximum Gasteiger partial charge on any atom is 0.221 e. The molecule has 2 nitrogen and oxygen atoms in total. The Morgan fingerprint density at radius 1 is 1.33 bits per heavy atom. The minimum absolute atomic E-state index is 0.0328. The smallest absolute Gasteiger partial charge is 0.221 e. The molecule has 0 fully saturated rings. The second-order valence-corrected chi connectivity index (χ2v) is 6.42. The Kier molecular flexibility index (Phi) is 6.79. The van der Waals surface area contributed by atoms with Gasteiger partial charge in [-0.05, 0) is 36.1 Å². The van der Waals surface area contributed by atoms with Crippen LogP contribution in [0.3, 0.4) is 0 Å². The molecular formula is C14H20BrNOS. The number of rotatable bonds is 6. The third-order valence-electron chi connectivity index (χ3n) is 2.78. The fourth-order valence-electron chi connectivity index (χ4n) is 1.46. The fourth-order valence-corrected chi connectivity index (χ4v) is 3.97. The van der Waals surface area contributed by atoms with Crippen LogP contribution in [-0.4, -0.2) is 17.0 Å². The van der Waals surface area contributed by atoms with Gasteiger partial charge in [-0.25, -0.2) is 0 Å². The average Bonchev–Trinajstić information content (AvgIpc) is 2.31. The molecule has 1 atom stereocenters. The molecule has 18 heavy (non-hydrogen) atoms. The number of alkyl halides is 1. The van der Waals surface area contributed by atoms with E-state index in [9.17, 15) is 4.79 Å². The van der Waals surface area contributed by atoms with Crippen molar-refractivity contribution in [1.29, 1.82) is 0 Å². The summed E-state index contributed by atoms with van der Waals surface area (Å²) in [6.45, 7) is 6.03. The Morgan fingerprint density at radius 2 is 1.94 bits per heavy atom. The molecule has 0 aliphatic heterocycles. The van der Waals surface area contributed by atoms with Gasteiger partial charge in [0.25, 0.3) is 0 Å². The topological polar surface area (TPSA) is 29.1 Å². The lowest BCUT2D eigenvalue weighted by Crippen LogP contribution is -2.12. The standard InChI is InChI=1S/C14H20BrNOS/c1-10(2)12(8-15)9-18-14-6-4-13(5-7-14)16-11(3)17/h4-7,10,12H,8-9H2,1-3H3,(H,16,17). The first-order chi connectivity index (χ1) is 8.52. The number of amides is 1. The molecule has 0 saturated carbocycles. The van der Waals surface area contributed by atoms with Gasteiger partial charge in [0.05, 0.1) is 0 Å². The number of hydrogen-bond acceptors (Lipinski definition) is 2. The Bertz CT molecular complexity index is 378. The summed E-state index contributed by atoms with van der Waals surface area (Å²) in [6, 6.07) is 8.01. The molecule has 0 aliphatic carbocycles. The predicted molar refractivity (Wildman–Crippen MR) is 83.6 cm³/mol. The lowest BCUT2D eigenvalue weighted by atomic mass is 10.0. The van der Waals surface area contributed by atoms with Gasteiger partial charge in [-0.1, -0.05) is 29.8 Å². The highest BCUT2D eigenvalue weighted by Gasteiger charge is 2.12. The van der Waals surface area contributed by atoms with E-state index >= 15 is 0 Å². The molecule has 1 aromatic rings. The third-order valence-corrected chi connectivity index (χ3v) is 4.81. The first-order valence-electron chi connectivity index (χ1n) is 6.09. The minimum atomic E-state index is -0.0328. The molecule has 1 aromatic carbocycles. The van der Waals surface area contributed by atoms with Gasteiger partial charge in [0.2, 0.25) is 5.91 Å². The summed E-state index contributed by atoms with van der Waals surface area (Å²) in [5.41, 5.74) is 0.854. The summed E-state index contributed by atoms with van der Waals surface area (Å²) in [4.78, 5) is 12.2. The molecule has 1 amide bonds. The quantitative estimate of drug-likeness (QED) is 0.618. The molecule has 100 valence electrons. The van der Waals surface area contributed by atoms with Crippen molar-refractivity contribution in [3.63, 3.8) is 0 Å². The number of carbonyl (C=O) groups is 1. The van der Waals surface area contributed by atoms with Crippen LogP contribution >= 0.6 is 27.7 Å². The summed E-state index contributed by atoms with van der Waals surface area (Å²) in [5.74, 6) is 2.46. The van der Waals surface area contributed by atoms with Gasteiger partial charge >= 0.3 is 0 Å². The van der Waals surface area contributed by atoms with E-state index < -0.39 is 0 Å². The fraction of sp³-hybridized carbons (Fsp3) is 0.500. The van der Waals surface area contributed by atoms with E-state index in [0.717, 1.165) is 16.8 Å². The zero-order valence-electron chi connectivity index (χ0n) is 11.1. The summed E-state index contributed by atoms with van der Waals surface area (Å²) >= 11 is 5.43. The summed E-state index contributed by atoms with van der Waals surface area (Å²) in [7, 11) is 0. The van der Waals surface area contributed by atoms with Crippen LogP contribution in [0.4, 0.5) is 5.69 Å². The second-order valence-electron chi connectivity index (χ2n) is 4.67. The number of hydrogen-bond donors (Lipinski definition) is 1. The molecule has 0 saturated heterocycles. The Morgan fingerprint density at radius 3 is 2.39 bits per heavy atom. The molecule has 0 aromatic heterocycles. The van der Waals surface area contributed by atoms with Crippen LogP contribution in [0.1, 0.15) is 20.8 Å². The van der Waals surface area contributed by atoms with Crippen LogP contribution in [0, 0.1) is 11.8 Å². The van der Waals surface area contributed by atoms with Crippen molar-refractivity contribution >= 4 is 39.3 Å². The SMILES string of the molecule is CC(=O)Nc1ccc(SCC(CBr)C(C)C)cc1. The lowest BCUT2D eigenvalue weighted by molar-refractivity contribution is -0.114. The number of anilines is 1. The summed E-state index contributed by atoms with van der Waals surface area (Å²) in [5, 5.41) is 3.81. The van der Waals surface area contributed by atoms with Crippen molar-refractivity contribution in [2.24, 2.45) is 11.8 Å². The number of carbonyl (C=O) groups excluding carboxylic acids is 1. The molecule has 0 aliphatic rings. The van der Waals surface area contributed by atoms with Crippen molar-refractivity contribution in [3.05, 3.63) is 24.3 Å². The molecule has 4 heteroatoms. The second kappa shape index (κ2) is 7.85. The van der Waals surface area contributed by atoms with Gasteiger partial charge in [-0.3, -0.25) is 4.79 Å². The van der Waals surface area contributed by atoms with Crippen LogP contribution in [0.5, 0.6) is 0 Å². The highest BCUT2D eigenvalue weighted by molar-refractivity contribution is 9.09. The van der Waals surface area contributed by atoms with Crippen molar-refractivity contribution in [1.82, 2.24) is 0 Å². The summed E-state index contributed by atoms with van der Waals surface area (Å²) in [6.07, 6.45) is 0. The molecule has 0 spiro atoms. The molecule has 0 bridgehead atoms. The molecular weight excluding hydrogens is 310 g/mol. The zero-order chi connectivity index (χ0) is 13.5. The van der Waals surface area contributed by atoms with Crippen LogP contribution in [0.25, 0.3) is 0 Å². The molecule has 0 heterocycles. The monoisotopic (exact) mass is 329 g/mol. The third kappa shape index (κ3) is 5.44. The Hall–Kier alpha value is -0.480. The maximum absolute atomic E-state index is 10.9. The van der Waals surface area contributed by atoms with Crippen molar-refractivity contribution in [3.8, 4) is 0 Å². The van der Waals surface area contributed by atoms with Crippen LogP contribution in [-0.2, 0) is 4.79 Å². The van der Waals surface area contributed by atoms with Gasteiger partial charge in [0.15, 0.2) is 0 Å². The van der Waals surface area contributed by atoms with Crippen molar-refractivity contribution < 1.29 is 4.79 Å². The van der Waals surface area contributed by atoms with Crippen molar-refractivity contribution in [2.75, 3.05) is 16.4 Å². The zero-order valence-corrected chi connectivity index (χ0v) is 13.5. The summed E-state index contributed by atoms with van der Waals surface area (Å²) < 4.78 is 0. The Balaban J connectivity index is 2.50. The van der Waals surface area contributed by atoms with Gasteiger partial charge in [0, 0.05) is 28.6 Å². The van der Waals surface area contributed by atoms with E-state index in [1.165, 1.54) is 11.8 Å². The van der Waals surface area contributed by atoms with E-state index in [1.54, 1.807) is 0 Å². The normalized spacial score (nSPS) is 12.5. The van der Waals surface area contributed by atoms with Crippen molar-refractivity contribution in [2.45, 2.75) is 25.7 Å². The number of halogens is 1. The van der Waals surface area contributed by atoms with Crippen LogP contribution < -0.4 is 5.32 Å². The highest BCUT2D eigenvalue weighted by Crippen LogP contribution is 2.26. The first kappa shape index (κ1) is 15.6. The lowest BCUT2D eigenvalue weighted by Gasteiger charge is -2.17. The largest absolute Gasteiger partial charge is 0.326 e.